The van der Waals surface area contributed by atoms with Gasteiger partial charge in [-0.3, -0.25) is 4.79 Å². The fraction of sp³-hybridized carbons (Fsp3) is 0.643. The summed E-state index contributed by atoms with van der Waals surface area (Å²) in [5, 5.41) is 0. The molecule has 3 nitrogen and oxygen atoms in total. The van der Waals surface area contributed by atoms with Crippen molar-refractivity contribution in [3.05, 3.63) is 28.7 Å². The molecule has 1 heterocycles. The number of thioether (sulfide) groups is 1. The summed E-state index contributed by atoms with van der Waals surface area (Å²) in [6.07, 6.45) is 8.46. The number of anilines is 1. The molecule has 0 aliphatic heterocycles. The molecule has 0 saturated heterocycles. The number of hydrogen-bond acceptors (Lipinski definition) is 3. The molecule has 2 N–H and O–H groups in total. The summed E-state index contributed by atoms with van der Waals surface area (Å²) in [6.45, 7) is 0.779. The number of nitrogen functional groups attached to an aromatic ring is 1. The van der Waals surface area contributed by atoms with Crippen molar-refractivity contribution >= 4 is 17.4 Å². The van der Waals surface area contributed by atoms with E-state index in [1.54, 1.807) is 22.9 Å². The average molecular weight is 266 g/mol. The van der Waals surface area contributed by atoms with Gasteiger partial charge in [-0.15, -0.1) is 0 Å². The highest BCUT2D eigenvalue weighted by atomic mass is 32.2. The minimum absolute atomic E-state index is 0.0463. The Morgan fingerprint density at radius 3 is 2.89 bits per heavy atom. The van der Waals surface area contributed by atoms with E-state index in [2.05, 4.69) is 0 Å². The van der Waals surface area contributed by atoms with Crippen molar-refractivity contribution in [1.82, 2.24) is 4.57 Å². The largest absolute Gasteiger partial charge is 0.398 e. The highest BCUT2D eigenvalue weighted by Crippen LogP contribution is 2.27. The van der Waals surface area contributed by atoms with Crippen molar-refractivity contribution in [2.45, 2.75) is 38.6 Å². The second-order valence-electron chi connectivity index (χ2n) is 5.07. The maximum atomic E-state index is 11.5. The summed E-state index contributed by atoms with van der Waals surface area (Å²) in [4.78, 5) is 11.5. The lowest BCUT2D eigenvalue weighted by molar-refractivity contribution is 0.621. The summed E-state index contributed by atoms with van der Waals surface area (Å²) in [5.41, 5.74) is 6.38. The van der Waals surface area contributed by atoms with E-state index in [0.29, 0.717) is 5.69 Å². The quantitative estimate of drug-likeness (QED) is 0.805. The first kappa shape index (κ1) is 13.5. The molecule has 1 aromatic rings. The molecule has 0 spiro atoms. The monoisotopic (exact) mass is 266 g/mol. The minimum atomic E-state index is 0.0463. The molecule has 4 heteroatoms. The van der Waals surface area contributed by atoms with Crippen LogP contribution in [0.25, 0.3) is 0 Å². The summed E-state index contributed by atoms with van der Waals surface area (Å²) in [5.74, 6) is 3.38. The van der Waals surface area contributed by atoms with E-state index >= 15 is 0 Å². The van der Waals surface area contributed by atoms with Gasteiger partial charge in [0.05, 0.1) is 0 Å². The van der Waals surface area contributed by atoms with E-state index in [-0.39, 0.29) is 5.56 Å². The van der Waals surface area contributed by atoms with Gasteiger partial charge in [-0.05, 0) is 42.8 Å². The Bertz CT molecular complexity index is 424. The van der Waals surface area contributed by atoms with Gasteiger partial charge in [-0.1, -0.05) is 12.8 Å². The Morgan fingerprint density at radius 2 is 2.11 bits per heavy atom. The molecule has 1 fully saturated rings. The standard InChI is InChI=1S/C14H22N2OS/c15-13-6-7-14(17)16(10-13)8-3-9-18-11-12-4-1-2-5-12/h6-7,10,12H,1-5,8-9,11,15H2. The van der Waals surface area contributed by atoms with Gasteiger partial charge in [0, 0.05) is 24.5 Å². The zero-order valence-electron chi connectivity index (χ0n) is 10.8. The fourth-order valence-electron chi connectivity index (χ4n) is 2.49. The lowest BCUT2D eigenvalue weighted by atomic mass is 10.1. The van der Waals surface area contributed by atoms with Crippen LogP contribution in [-0.4, -0.2) is 16.1 Å². The topological polar surface area (TPSA) is 48.0 Å². The average Bonchev–Trinajstić information content (AvgIpc) is 2.86. The molecule has 0 bridgehead atoms. The van der Waals surface area contributed by atoms with Gasteiger partial charge in [-0.2, -0.15) is 11.8 Å². The van der Waals surface area contributed by atoms with Gasteiger partial charge in [0.2, 0.25) is 0 Å². The molecule has 2 rings (SSSR count). The minimum Gasteiger partial charge on any atom is -0.398 e. The van der Waals surface area contributed by atoms with Crippen molar-refractivity contribution in [2.24, 2.45) is 5.92 Å². The number of nitrogens with two attached hydrogens (primary N) is 1. The van der Waals surface area contributed by atoms with Crippen LogP contribution >= 0.6 is 11.8 Å². The maximum absolute atomic E-state index is 11.5. The maximum Gasteiger partial charge on any atom is 0.250 e. The Kier molecular flexibility index (Phi) is 5.17. The summed E-state index contributed by atoms with van der Waals surface area (Å²) in [6, 6.07) is 3.20. The predicted molar refractivity (Wildman–Crippen MR) is 79.0 cm³/mol. The SMILES string of the molecule is Nc1ccc(=O)n(CCCSCC2CCCC2)c1. The zero-order chi connectivity index (χ0) is 12.8. The highest BCUT2D eigenvalue weighted by Gasteiger charge is 2.14. The number of nitrogens with zero attached hydrogens (tertiary/aromatic N) is 1. The van der Waals surface area contributed by atoms with Gasteiger partial charge < -0.3 is 10.3 Å². The Balaban J connectivity index is 1.65. The number of aryl methyl sites for hydroxylation is 1. The third kappa shape index (κ3) is 4.09. The van der Waals surface area contributed by atoms with Crippen LogP contribution in [0.15, 0.2) is 23.1 Å². The molecule has 0 atom stereocenters. The first-order valence-electron chi connectivity index (χ1n) is 6.79. The van der Waals surface area contributed by atoms with Crippen LogP contribution < -0.4 is 11.3 Å². The predicted octanol–water partition coefficient (Wildman–Crippen LogP) is 2.74. The zero-order valence-corrected chi connectivity index (χ0v) is 11.6. The Hall–Kier alpha value is -0.900. The normalized spacial score (nSPS) is 16.2. The van der Waals surface area contributed by atoms with Crippen LogP contribution in [0.1, 0.15) is 32.1 Å². The Morgan fingerprint density at radius 1 is 1.33 bits per heavy atom. The lowest BCUT2D eigenvalue weighted by Crippen LogP contribution is -2.19. The van der Waals surface area contributed by atoms with Gasteiger partial charge in [0.25, 0.3) is 5.56 Å². The highest BCUT2D eigenvalue weighted by molar-refractivity contribution is 7.99. The van der Waals surface area contributed by atoms with Crippen molar-refractivity contribution in [2.75, 3.05) is 17.2 Å². The van der Waals surface area contributed by atoms with Crippen molar-refractivity contribution in [3.8, 4) is 0 Å². The molecule has 0 amide bonds. The summed E-state index contributed by atoms with van der Waals surface area (Å²) < 4.78 is 1.71. The second kappa shape index (κ2) is 6.88. The van der Waals surface area contributed by atoms with Gasteiger partial charge in [0.1, 0.15) is 0 Å². The molecule has 0 unspecified atom stereocenters. The number of hydrogen-bond donors (Lipinski definition) is 1. The van der Waals surface area contributed by atoms with E-state index in [1.807, 2.05) is 11.8 Å². The van der Waals surface area contributed by atoms with Crippen molar-refractivity contribution < 1.29 is 0 Å². The van der Waals surface area contributed by atoms with Gasteiger partial charge >= 0.3 is 0 Å². The first-order chi connectivity index (χ1) is 8.75. The van der Waals surface area contributed by atoms with Crippen LogP contribution in [0, 0.1) is 5.92 Å². The van der Waals surface area contributed by atoms with Gasteiger partial charge in [0.15, 0.2) is 0 Å². The molecule has 18 heavy (non-hydrogen) atoms. The second-order valence-corrected chi connectivity index (χ2v) is 6.22. The van der Waals surface area contributed by atoms with Crippen LogP contribution in [0.4, 0.5) is 5.69 Å². The molecule has 100 valence electrons. The third-order valence-electron chi connectivity index (χ3n) is 3.52. The lowest BCUT2D eigenvalue weighted by Gasteiger charge is -2.09. The molecule has 0 radical (unpaired) electrons. The number of pyridine rings is 1. The summed E-state index contributed by atoms with van der Waals surface area (Å²) in [7, 11) is 0. The molecule has 1 aliphatic rings. The number of aromatic nitrogens is 1. The number of rotatable bonds is 6. The summed E-state index contributed by atoms with van der Waals surface area (Å²) >= 11 is 2.03. The molecular weight excluding hydrogens is 244 g/mol. The third-order valence-corrected chi connectivity index (χ3v) is 4.81. The Labute approximate surface area is 113 Å². The van der Waals surface area contributed by atoms with Crippen LogP contribution in [-0.2, 0) is 6.54 Å². The van der Waals surface area contributed by atoms with Crippen molar-refractivity contribution in [3.63, 3.8) is 0 Å². The van der Waals surface area contributed by atoms with E-state index in [0.717, 1.165) is 24.6 Å². The first-order valence-corrected chi connectivity index (χ1v) is 7.95. The molecular formula is C14H22N2OS. The van der Waals surface area contributed by atoms with Gasteiger partial charge in [-0.25, -0.2) is 0 Å². The van der Waals surface area contributed by atoms with Crippen molar-refractivity contribution in [1.29, 1.82) is 0 Å². The van der Waals surface area contributed by atoms with Crippen LogP contribution in [0.3, 0.4) is 0 Å². The molecule has 1 aromatic heterocycles. The fourth-order valence-corrected chi connectivity index (χ4v) is 3.66. The van der Waals surface area contributed by atoms with E-state index in [9.17, 15) is 4.79 Å². The van der Waals surface area contributed by atoms with E-state index in [1.165, 1.54) is 31.4 Å². The van der Waals surface area contributed by atoms with Crippen LogP contribution in [0.5, 0.6) is 0 Å². The van der Waals surface area contributed by atoms with E-state index in [4.69, 9.17) is 5.73 Å². The molecule has 0 aromatic carbocycles. The molecule has 1 aliphatic carbocycles. The molecule has 1 saturated carbocycles. The smallest absolute Gasteiger partial charge is 0.250 e. The van der Waals surface area contributed by atoms with Crippen LogP contribution in [0.2, 0.25) is 0 Å². The van der Waals surface area contributed by atoms with E-state index < -0.39 is 0 Å².